The summed E-state index contributed by atoms with van der Waals surface area (Å²) in [5.74, 6) is 0. The minimum absolute atomic E-state index is 0.169. The summed E-state index contributed by atoms with van der Waals surface area (Å²) in [5, 5.41) is 0. The van der Waals surface area contributed by atoms with Gasteiger partial charge < -0.3 is 0 Å². The van der Waals surface area contributed by atoms with Crippen LogP contribution >= 0.6 is 0 Å². The maximum atomic E-state index is 2.35. The zero-order chi connectivity index (χ0) is 74.3. The Kier molecular flexibility index (Phi) is 53.2. The summed E-state index contributed by atoms with van der Waals surface area (Å²) in [6.45, 7) is 110. The van der Waals surface area contributed by atoms with Gasteiger partial charge in [0.05, 0.1) is 0 Å². The number of rotatable bonds is 13. The van der Waals surface area contributed by atoms with E-state index in [0.717, 1.165) is 12.8 Å². The fourth-order valence-electron chi connectivity index (χ4n) is 9.27. The summed E-state index contributed by atoms with van der Waals surface area (Å²) in [6, 6.07) is 21.7. The number of hydrogen-bond acceptors (Lipinski definition) is 0. The standard InChI is InChI=1S/C17H20.C11H24.3C9H20.5C7H16/c1-3-17(4-2,15-11-7-5-8-12-15)16-13-9-6-10-14-16;1-9(2,3)11(7,8)10(4,5)6;1-8(2,3)7-9(4,5)6;2*1-7-9(5,6)8(2,3)4;3*1-5-6-7(2,3)4;2*1-5-7(3,4)6-2/h5-14H,3-4H2,1-2H3;1-8H3;3*7H2,1-6H3;5*5-6H2,1-4H3. The van der Waals surface area contributed by atoms with Crippen LogP contribution in [0.1, 0.15) is 440 Å². The Morgan fingerprint density at radius 2 is 0.422 bits per heavy atom. The lowest BCUT2D eigenvalue weighted by atomic mass is 9.56. The van der Waals surface area contributed by atoms with Crippen LogP contribution in [-0.2, 0) is 5.41 Å². The highest BCUT2D eigenvalue weighted by molar-refractivity contribution is 5.38. The van der Waals surface area contributed by atoms with Crippen molar-refractivity contribution in [1.82, 2.24) is 0 Å². The molecule has 0 amide bonds. The van der Waals surface area contributed by atoms with Crippen LogP contribution in [0.2, 0.25) is 0 Å². The molecule has 0 radical (unpaired) electrons. The lowest BCUT2D eigenvalue weighted by Crippen LogP contribution is -2.41. The smallest absolute Gasteiger partial charge is 0.0197 e. The fraction of sp³-hybridized carbons (Fsp3) is 0.867. The third-order valence-corrected chi connectivity index (χ3v) is 21.3. The molecule has 0 spiro atoms. The van der Waals surface area contributed by atoms with Gasteiger partial charge in [-0.3, -0.25) is 0 Å². The Morgan fingerprint density at radius 3 is 0.478 bits per heavy atom. The van der Waals surface area contributed by atoms with Crippen molar-refractivity contribution >= 4 is 0 Å². The highest BCUT2D eigenvalue weighted by Gasteiger charge is 2.42. The van der Waals surface area contributed by atoms with E-state index in [1.54, 1.807) is 0 Å². The van der Waals surface area contributed by atoms with Crippen molar-refractivity contribution < 1.29 is 0 Å². The minimum Gasteiger partial charge on any atom is -0.0654 e. The van der Waals surface area contributed by atoms with Crippen molar-refractivity contribution in [3.8, 4) is 0 Å². The molecule has 0 bridgehead atoms. The zero-order valence-electron chi connectivity index (χ0n) is 72.9. The van der Waals surface area contributed by atoms with Crippen molar-refractivity contribution in [1.29, 1.82) is 0 Å². The van der Waals surface area contributed by atoms with Gasteiger partial charge in [0.15, 0.2) is 0 Å². The molecule has 0 nitrogen and oxygen atoms in total. The van der Waals surface area contributed by atoms with Gasteiger partial charge in [-0.1, -0.05) is 451 Å². The molecule has 0 aromatic heterocycles. The van der Waals surface area contributed by atoms with Gasteiger partial charge in [0, 0.05) is 5.41 Å². The molecule has 544 valence electrons. The second-order valence-electron chi connectivity index (χ2n) is 40.6. The highest BCUT2D eigenvalue weighted by atomic mass is 14.5. The summed E-state index contributed by atoms with van der Waals surface area (Å²) in [6.07, 6.45) is 19.2. The van der Waals surface area contributed by atoms with Crippen LogP contribution in [0.15, 0.2) is 60.7 Å². The lowest BCUT2D eigenvalue weighted by Gasteiger charge is -2.49. The Balaban J connectivity index is -0.000000141. The molecule has 2 aromatic rings. The van der Waals surface area contributed by atoms with Gasteiger partial charge in [0.25, 0.3) is 0 Å². The molecule has 2 aromatic carbocycles. The van der Waals surface area contributed by atoms with E-state index in [4.69, 9.17) is 0 Å². The molecule has 0 atom stereocenters. The van der Waals surface area contributed by atoms with E-state index in [1.165, 1.54) is 94.6 Å². The second-order valence-corrected chi connectivity index (χ2v) is 40.6. The normalized spacial score (nSPS) is 12.9. The van der Waals surface area contributed by atoms with Crippen molar-refractivity contribution in [2.45, 2.75) is 434 Å². The number of benzene rings is 2. The molecule has 0 aliphatic carbocycles. The Morgan fingerprint density at radius 1 is 0.222 bits per heavy atom. The van der Waals surface area contributed by atoms with Crippen molar-refractivity contribution in [3.05, 3.63) is 71.8 Å². The largest absolute Gasteiger partial charge is 0.0654 e. The van der Waals surface area contributed by atoms with Crippen LogP contribution in [0.5, 0.6) is 0 Å². The molecule has 0 heteroatoms. The highest BCUT2D eigenvalue weighted by Crippen LogP contribution is 2.50. The topological polar surface area (TPSA) is 0 Å². The summed E-state index contributed by atoms with van der Waals surface area (Å²) < 4.78 is 0. The molecule has 0 heterocycles. The van der Waals surface area contributed by atoms with Gasteiger partial charge in [-0.05, 0) is 125 Å². The van der Waals surface area contributed by atoms with E-state index in [1.807, 2.05) is 0 Å². The maximum Gasteiger partial charge on any atom is 0.0197 e. The van der Waals surface area contributed by atoms with E-state index in [-0.39, 0.29) is 5.41 Å². The fourth-order valence-corrected chi connectivity index (χ4v) is 9.27. The molecule has 0 saturated carbocycles. The number of hydrogen-bond donors (Lipinski definition) is 0. The van der Waals surface area contributed by atoms with E-state index in [2.05, 4.69) is 393 Å². The van der Waals surface area contributed by atoms with Crippen LogP contribution in [0, 0.1) is 75.8 Å². The lowest BCUT2D eigenvalue weighted by molar-refractivity contribution is 0.00575. The molecule has 0 fully saturated rings. The van der Waals surface area contributed by atoms with E-state index in [0.29, 0.717) is 75.8 Å². The molecule has 2 rings (SSSR count). The van der Waals surface area contributed by atoms with Crippen LogP contribution in [-0.4, -0.2) is 0 Å². The van der Waals surface area contributed by atoms with Crippen molar-refractivity contribution in [2.24, 2.45) is 75.8 Å². The third kappa shape index (κ3) is 57.9. The maximum absolute atomic E-state index is 2.35. The SMILES string of the molecule is CC(C)(C)C(C)(C)C(C)(C)C.CC(C)(C)CC(C)(C)C.CCC(C)(C)C(C)(C)C.CCC(C)(C)C(C)(C)C.CCC(C)(C)CC.CCC(C)(C)CC.CCC(CC)(c1ccccc1)c1ccccc1.CCCC(C)(C)C.CCCC(C)(C)C.CCCC(C)(C)C. The van der Waals surface area contributed by atoms with Gasteiger partial charge in [0.1, 0.15) is 0 Å². The second kappa shape index (κ2) is 45.8. The van der Waals surface area contributed by atoms with Gasteiger partial charge in [0.2, 0.25) is 0 Å². The van der Waals surface area contributed by atoms with Gasteiger partial charge in [-0.2, -0.15) is 0 Å². The molecular weight excluding hydrogens is 1080 g/mol. The van der Waals surface area contributed by atoms with Crippen LogP contribution < -0.4 is 0 Å². The first-order chi connectivity index (χ1) is 39.6. The Bertz CT molecular complexity index is 1710. The summed E-state index contributed by atoms with van der Waals surface area (Å²) in [7, 11) is 0. The predicted octanol–water partition coefficient (Wildman–Crippen LogP) is 33.5. The van der Waals surface area contributed by atoms with E-state index >= 15 is 0 Å². The van der Waals surface area contributed by atoms with E-state index in [9.17, 15) is 0 Å². The predicted molar refractivity (Wildman–Crippen MR) is 429 cm³/mol. The van der Waals surface area contributed by atoms with Crippen LogP contribution in [0.25, 0.3) is 0 Å². The average molecular weight is 1270 g/mol. The van der Waals surface area contributed by atoms with Gasteiger partial charge in [-0.25, -0.2) is 0 Å². The van der Waals surface area contributed by atoms with Crippen LogP contribution in [0.4, 0.5) is 0 Å². The summed E-state index contributed by atoms with van der Waals surface area (Å²) >= 11 is 0. The first kappa shape index (κ1) is 105. The molecule has 0 aliphatic heterocycles. The first-order valence-electron chi connectivity index (χ1n) is 37.7. The Labute approximate surface area is 578 Å². The van der Waals surface area contributed by atoms with Crippen molar-refractivity contribution in [2.75, 3.05) is 0 Å². The summed E-state index contributed by atoms with van der Waals surface area (Å²) in [5.41, 5.74) is 9.80. The van der Waals surface area contributed by atoms with Gasteiger partial charge in [-0.15, -0.1) is 0 Å². The Hall–Kier alpha value is -1.56. The molecule has 90 heavy (non-hydrogen) atoms. The quantitative estimate of drug-likeness (QED) is 0.188. The summed E-state index contributed by atoms with van der Waals surface area (Å²) in [4.78, 5) is 0. The third-order valence-electron chi connectivity index (χ3n) is 21.3. The minimum atomic E-state index is 0.169. The molecular formula is C90H184. The average Bonchev–Trinajstić information content (AvgIpc) is 1.29. The molecule has 0 unspecified atom stereocenters. The van der Waals surface area contributed by atoms with E-state index < -0.39 is 0 Å². The van der Waals surface area contributed by atoms with Gasteiger partial charge >= 0.3 is 0 Å². The van der Waals surface area contributed by atoms with Crippen molar-refractivity contribution in [3.63, 3.8) is 0 Å². The zero-order valence-corrected chi connectivity index (χ0v) is 72.9. The molecule has 0 N–H and O–H groups in total. The molecule has 0 saturated heterocycles. The first-order valence-corrected chi connectivity index (χ1v) is 37.7. The van der Waals surface area contributed by atoms with Crippen LogP contribution in [0.3, 0.4) is 0 Å². The molecule has 0 aliphatic rings. The monoisotopic (exact) mass is 1270 g/mol.